The van der Waals surface area contributed by atoms with E-state index < -0.39 is 19.7 Å². The number of aromatic amines is 2. The lowest BCUT2D eigenvalue weighted by molar-refractivity contribution is 0.0943. The van der Waals surface area contributed by atoms with E-state index in [1.54, 1.807) is 146 Å². The molecule has 2 amide bonds. The van der Waals surface area contributed by atoms with Gasteiger partial charge in [0.25, 0.3) is 11.8 Å². The van der Waals surface area contributed by atoms with Gasteiger partial charge in [0.2, 0.25) is 19.7 Å². The third-order valence-corrected chi connectivity index (χ3v) is 13.3. The second-order valence-electron chi connectivity index (χ2n) is 13.6. The SMILES string of the molecule is Cn1ncc2cccc(S(=O)(=O)c3ccc(CNC(=O)c4cnc5[nH]ncc5c4)cc3)c21.O=C(NCc1ccc(S(=O)(=O)c2ccccc2)cc1)c1c[nH]c2ccncc12. The Morgan fingerprint density at radius 3 is 2.07 bits per heavy atom. The highest BCUT2D eigenvalue weighted by atomic mass is 32.2. The van der Waals surface area contributed by atoms with Gasteiger partial charge in [-0.1, -0.05) is 54.6 Å². The van der Waals surface area contributed by atoms with Crippen molar-refractivity contribution in [3.8, 4) is 0 Å². The van der Waals surface area contributed by atoms with Crippen molar-refractivity contribution in [3.63, 3.8) is 0 Å². The number of para-hydroxylation sites is 1. The number of aromatic nitrogens is 7. The van der Waals surface area contributed by atoms with Crippen LogP contribution in [-0.4, -0.2) is 63.6 Å². The van der Waals surface area contributed by atoms with Gasteiger partial charge in [-0.3, -0.25) is 24.4 Å². The normalized spacial score (nSPS) is 11.6. The molecule has 15 nitrogen and oxygen atoms in total. The molecule has 0 atom stereocenters. The van der Waals surface area contributed by atoms with Gasteiger partial charge in [0.05, 0.1) is 48.6 Å². The Morgan fingerprint density at radius 2 is 1.35 bits per heavy atom. The van der Waals surface area contributed by atoms with Gasteiger partial charge in [0.15, 0.2) is 5.65 Å². The topological polar surface area (TPSA) is 215 Å². The Morgan fingerprint density at radius 1 is 0.683 bits per heavy atom. The molecule has 5 heterocycles. The summed E-state index contributed by atoms with van der Waals surface area (Å²) in [6.07, 6.45) is 9.67. The number of amides is 2. The van der Waals surface area contributed by atoms with E-state index in [-0.39, 0.29) is 44.5 Å². The number of sulfone groups is 2. The van der Waals surface area contributed by atoms with Crippen LogP contribution in [0.2, 0.25) is 0 Å². The van der Waals surface area contributed by atoms with Crippen LogP contribution in [0.1, 0.15) is 31.8 Å². The van der Waals surface area contributed by atoms with Crippen LogP contribution in [0.4, 0.5) is 0 Å². The number of carbonyl (C=O) groups excluding carboxylic acids is 2. The van der Waals surface area contributed by atoms with Gasteiger partial charge in [0, 0.05) is 66.6 Å². The third kappa shape index (κ3) is 7.98. The summed E-state index contributed by atoms with van der Waals surface area (Å²) in [5.74, 6) is -0.500. The van der Waals surface area contributed by atoms with E-state index in [2.05, 4.69) is 40.9 Å². The van der Waals surface area contributed by atoms with Gasteiger partial charge >= 0.3 is 0 Å². The number of rotatable bonds is 10. The highest BCUT2D eigenvalue weighted by Crippen LogP contribution is 2.28. The summed E-state index contributed by atoms with van der Waals surface area (Å²) in [5, 5.41) is 18.7. The van der Waals surface area contributed by atoms with E-state index in [0.717, 1.165) is 32.8 Å². The Labute approximate surface area is 343 Å². The zero-order valence-corrected chi connectivity index (χ0v) is 33.4. The van der Waals surface area contributed by atoms with Crippen LogP contribution < -0.4 is 10.6 Å². The summed E-state index contributed by atoms with van der Waals surface area (Å²) in [7, 11) is -5.56. The van der Waals surface area contributed by atoms with Gasteiger partial charge in [-0.05, 0) is 65.7 Å². The average molecular weight is 838 g/mol. The molecule has 60 heavy (non-hydrogen) atoms. The number of carbonyl (C=O) groups is 2. The monoisotopic (exact) mass is 837 g/mol. The van der Waals surface area contributed by atoms with Crippen molar-refractivity contribution >= 4 is 64.3 Å². The van der Waals surface area contributed by atoms with Gasteiger partial charge in [-0.25, -0.2) is 21.8 Å². The molecule has 0 radical (unpaired) electrons. The predicted octanol–water partition coefficient (Wildman–Crippen LogP) is 5.93. The molecule has 0 saturated carbocycles. The number of nitrogens with one attached hydrogen (secondary N) is 4. The summed E-state index contributed by atoms with van der Waals surface area (Å²) in [6.45, 7) is 0.539. The van der Waals surface area contributed by atoms with Crippen LogP contribution >= 0.6 is 0 Å². The molecule has 17 heteroatoms. The number of pyridine rings is 2. The van der Waals surface area contributed by atoms with Crippen LogP contribution in [0.15, 0.2) is 166 Å². The van der Waals surface area contributed by atoms with Gasteiger partial charge in [-0.15, -0.1) is 0 Å². The number of nitrogens with zero attached hydrogens (tertiary/aromatic N) is 5. The number of fused-ring (bicyclic) bond motifs is 3. The molecule has 0 spiro atoms. The van der Waals surface area contributed by atoms with Crippen LogP contribution in [0.3, 0.4) is 0 Å². The number of hydrogen-bond acceptors (Lipinski definition) is 10. The van der Waals surface area contributed by atoms with Crippen molar-refractivity contribution in [2.45, 2.75) is 32.7 Å². The standard InChI is InChI=1S/C22H18N6O3S.C21H17N3O3S/c1-28-20-15(13-26-28)3-2-4-19(20)32(30,31)18-7-5-14(6-8-18)10-24-22(29)17-9-16-12-25-27-21(16)23-11-17;25-21(19-14-23-20-10-11-22-13-18(19)20)24-12-15-6-8-17(9-7-15)28(26,27)16-4-2-1-3-5-16/h2-9,11-13H,10H2,1H3,(H,24,29)(H,23,25,27);1-11,13-14,23H,12H2,(H,24,25). The fraction of sp³-hybridized carbons (Fsp3) is 0.0698. The number of H-pyrrole nitrogens is 2. The quantitative estimate of drug-likeness (QED) is 0.127. The van der Waals surface area contributed by atoms with Crippen LogP contribution in [0.5, 0.6) is 0 Å². The lowest BCUT2D eigenvalue weighted by atomic mass is 10.2. The van der Waals surface area contributed by atoms with E-state index in [1.807, 2.05) is 6.07 Å². The average Bonchev–Trinajstić information content (AvgIpc) is 4.04. The van der Waals surface area contributed by atoms with Gasteiger partial charge in [-0.2, -0.15) is 10.2 Å². The zero-order chi connectivity index (χ0) is 41.9. The third-order valence-electron chi connectivity index (χ3n) is 9.72. The molecule has 0 saturated heterocycles. The van der Waals surface area contributed by atoms with E-state index in [4.69, 9.17) is 0 Å². The van der Waals surface area contributed by atoms with Crippen molar-refractivity contribution in [2.24, 2.45) is 7.05 Å². The lowest BCUT2D eigenvalue weighted by Gasteiger charge is -2.09. The molecule has 0 fully saturated rings. The summed E-state index contributed by atoms with van der Waals surface area (Å²) >= 11 is 0. The molecular weight excluding hydrogens is 803 g/mol. The smallest absolute Gasteiger partial charge is 0.253 e. The van der Waals surface area contributed by atoms with E-state index in [9.17, 15) is 26.4 Å². The number of aryl methyl sites for hydroxylation is 1. The molecule has 4 aromatic carbocycles. The molecule has 0 aliphatic rings. The first-order chi connectivity index (χ1) is 29.0. The summed E-state index contributed by atoms with van der Waals surface area (Å²) < 4.78 is 53.2. The second-order valence-corrected chi connectivity index (χ2v) is 17.5. The van der Waals surface area contributed by atoms with Crippen molar-refractivity contribution in [1.82, 2.24) is 45.6 Å². The van der Waals surface area contributed by atoms with Gasteiger partial charge < -0.3 is 15.6 Å². The number of hydrogen-bond donors (Lipinski definition) is 4. The minimum atomic E-state index is -3.73. The molecule has 9 rings (SSSR count). The van der Waals surface area contributed by atoms with Crippen LogP contribution in [-0.2, 0) is 39.8 Å². The Kier molecular flexibility index (Phi) is 10.7. The maximum atomic E-state index is 13.2. The molecule has 0 bridgehead atoms. The van der Waals surface area contributed by atoms with Crippen molar-refractivity contribution in [1.29, 1.82) is 0 Å². The Bertz CT molecular complexity index is 3240. The minimum absolute atomic E-state index is 0.177. The molecule has 0 aliphatic carbocycles. The van der Waals surface area contributed by atoms with Crippen molar-refractivity contribution in [2.75, 3.05) is 0 Å². The number of benzene rings is 4. The Balaban J connectivity index is 0.000000168. The van der Waals surface area contributed by atoms with Crippen LogP contribution in [0, 0.1) is 0 Å². The fourth-order valence-corrected chi connectivity index (χ4v) is 9.31. The largest absolute Gasteiger partial charge is 0.360 e. The van der Waals surface area contributed by atoms with Crippen LogP contribution in [0.25, 0.3) is 32.8 Å². The maximum Gasteiger partial charge on any atom is 0.253 e. The molecule has 0 unspecified atom stereocenters. The summed E-state index contributed by atoms with van der Waals surface area (Å²) in [6, 6.07) is 29.9. The molecular formula is C43H35N9O6S2. The van der Waals surface area contributed by atoms with Crippen molar-refractivity contribution in [3.05, 3.63) is 169 Å². The second kappa shape index (κ2) is 16.4. The first-order valence-electron chi connectivity index (χ1n) is 18.4. The van der Waals surface area contributed by atoms with E-state index in [1.165, 1.54) is 6.20 Å². The molecule has 0 aliphatic heterocycles. The summed E-state index contributed by atoms with van der Waals surface area (Å²) in [5.41, 5.74) is 4.53. The Hall–Kier alpha value is -7.50. The molecule has 300 valence electrons. The lowest BCUT2D eigenvalue weighted by Crippen LogP contribution is -2.22. The first-order valence-corrected chi connectivity index (χ1v) is 21.4. The zero-order valence-electron chi connectivity index (χ0n) is 31.8. The minimum Gasteiger partial charge on any atom is -0.360 e. The highest BCUT2D eigenvalue weighted by molar-refractivity contribution is 7.92. The molecule has 9 aromatic rings. The highest BCUT2D eigenvalue weighted by Gasteiger charge is 2.23. The van der Waals surface area contributed by atoms with Crippen molar-refractivity contribution < 1.29 is 26.4 Å². The molecule has 5 aromatic heterocycles. The summed E-state index contributed by atoms with van der Waals surface area (Å²) in [4.78, 5) is 37.0. The predicted molar refractivity (Wildman–Crippen MR) is 223 cm³/mol. The van der Waals surface area contributed by atoms with E-state index in [0.29, 0.717) is 22.3 Å². The maximum absolute atomic E-state index is 13.2. The molecule has 4 N–H and O–H groups in total. The van der Waals surface area contributed by atoms with Gasteiger partial charge in [0.1, 0.15) is 0 Å². The first kappa shape index (κ1) is 39.3. The van der Waals surface area contributed by atoms with E-state index >= 15 is 0 Å². The fourth-order valence-electron chi connectivity index (χ4n) is 6.52.